The summed E-state index contributed by atoms with van der Waals surface area (Å²) in [5.41, 5.74) is 3.20. The van der Waals surface area contributed by atoms with Crippen molar-refractivity contribution in [1.82, 2.24) is 10.7 Å². The van der Waals surface area contributed by atoms with Gasteiger partial charge in [-0.1, -0.05) is 35.3 Å². The van der Waals surface area contributed by atoms with Crippen molar-refractivity contribution in [2.45, 2.75) is 13.5 Å². The molecule has 2 N–H and O–H groups in total. The topological polar surface area (TPSA) is 79.8 Å². The second-order valence-corrected chi connectivity index (χ2v) is 6.11. The zero-order valence-corrected chi connectivity index (χ0v) is 15.8. The number of benzene rings is 2. The zero-order valence-electron chi connectivity index (χ0n) is 14.3. The lowest BCUT2D eigenvalue weighted by Crippen LogP contribution is -2.37. The molecule has 2 aromatic carbocycles. The van der Waals surface area contributed by atoms with Crippen molar-refractivity contribution in [2.75, 3.05) is 6.54 Å². The molecule has 0 radical (unpaired) electrons. The molecular formula is C18H16Cl2FN3O3. The van der Waals surface area contributed by atoms with Crippen LogP contribution >= 0.6 is 23.2 Å². The first-order valence-electron chi connectivity index (χ1n) is 7.88. The normalized spacial score (nSPS) is 10.7. The van der Waals surface area contributed by atoms with Crippen LogP contribution in [0.4, 0.5) is 4.39 Å². The number of carbonyl (C=O) groups excluding carboxylic acids is 2. The summed E-state index contributed by atoms with van der Waals surface area (Å²) in [6.07, 6.45) is 1.28. The predicted octanol–water partition coefficient (Wildman–Crippen LogP) is 3.30. The van der Waals surface area contributed by atoms with E-state index in [4.69, 9.17) is 27.9 Å². The standard InChI is InChI=1S/C18H16Cl2FN3O3/c1-2-22-17(25)18(26)24-23-9-12-7-14(19)16(15(20)8-12)27-10-11-4-3-5-13(21)6-11/h3-9H,2,10H2,1H3,(H,22,25)(H,24,26)/b23-9-. The smallest absolute Gasteiger partial charge is 0.329 e. The van der Waals surface area contributed by atoms with Crippen molar-refractivity contribution in [3.05, 3.63) is 63.4 Å². The molecule has 0 unspecified atom stereocenters. The van der Waals surface area contributed by atoms with Crippen molar-refractivity contribution in [2.24, 2.45) is 5.10 Å². The molecule has 0 saturated carbocycles. The van der Waals surface area contributed by atoms with E-state index in [2.05, 4.69) is 15.8 Å². The quantitative estimate of drug-likeness (QED) is 0.434. The first-order chi connectivity index (χ1) is 12.9. The zero-order chi connectivity index (χ0) is 19.8. The van der Waals surface area contributed by atoms with Crippen molar-refractivity contribution < 1.29 is 18.7 Å². The number of carbonyl (C=O) groups is 2. The highest BCUT2D eigenvalue weighted by Gasteiger charge is 2.12. The SMILES string of the molecule is CCNC(=O)C(=O)N/N=C\c1cc(Cl)c(OCc2cccc(F)c2)c(Cl)c1. The van der Waals surface area contributed by atoms with E-state index in [9.17, 15) is 14.0 Å². The van der Waals surface area contributed by atoms with Crippen LogP contribution in [-0.2, 0) is 16.2 Å². The van der Waals surface area contributed by atoms with Crippen LogP contribution in [0, 0.1) is 5.82 Å². The monoisotopic (exact) mass is 411 g/mol. The molecule has 6 nitrogen and oxygen atoms in total. The molecule has 0 saturated heterocycles. The molecule has 0 aromatic heterocycles. The third-order valence-corrected chi connectivity index (χ3v) is 3.78. The molecule has 0 aliphatic heterocycles. The van der Waals surface area contributed by atoms with E-state index in [0.717, 1.165) is 0 Å². The largest absolute Gasteiger partial charge is 0.486 e. The van der Waals surface area contributed by atoms with Crippen LogP contribution in [-0.4, -0.2) is 24.6 Å². The molecule has 0 fully saturated rings. The van der Waals surface area contributed by atoms with Crippen LogP contribution in [0.2, 0.25) is 10.0 Å². The van der Waals surface area contributed by atoms with Gasteiger partial charge in [0.25, 0.3) is 0 Å². The highest BCUT2D eigenvalue weighted by molar-refractivity contribution is 6.37. The van der Waals surface area contributed by atoms with Gasteiger partial charge in [-0.25, -0.2) is 9.82 Å². The minimum absolute atomic E-state index is 0.0905. The molecule has 27 heavy (non-hydrogen) atoms. The number of hydrazone groups is 1. The number of amides is 2. The molecule has 0 spiro atoms. The molecule has 142 valence electrons. The van der Waals surface area contributed by atoms with E-state index in [1.54, 1.807) is 19.1 Å². The minimum Gasteiger partial charge on any atom is -0.486 e. The Morgan fingerprint density at radius 2 is 1.89 bits per heavy atom. The van der Waals surface area contributed by atoms with Crippen LogP contribution in [0.25, 0.3) is 0 Å². The van der Waals surface area contributed by atoms with Gasteiger partial charge in [0.05, 0.1) is 16.3 Å². The molecular weight excluding hydrogens is 396 g/mol. The molecule has 0 atom stereocenters. The summed E-state index contributed by atoms with van der Waals surface area (Å²) < 4.78 is 18.8. The molecule has 0 aliphatic carbocycles. The van der Waals surface area contributed by atoms with Gasteiger partial charge in [0.1, 0.15) is 12.4 Å². The van der Waals surface area contributed by atoms with E-state index in [0.29, 0.717) is 17.7 Å². The Hall–Kier alpha value is -2.64. The predicted molar refractivity (Wildman–Crippen MR) is 102 cm³/mol. The van der Waals surface area contributed by atoms with Crippen molar-refractivity contribution >= 4 is 41.2 Å². The fourth-order valence-electron chi connectivity index (χ4n) is 2.03. The maximum atomic E-state index is 13.2. The van der Waals surface area contributed by atoms with Crippen LogP contribution in [0.1, 0.15) is 18.1 Å². The first kappa shape index (κ1) is 20.7. The Morgan fingerprint density at radius 1 is 1.19 bits per heavy atom. The number of halogens is 3. The molecule has 2 aromatic rings. The molecule has 2 rings (SSSR count). The third-order valence-electron chi connectivity index (χ3n) is 3.22. The third kappa shape index (κ3) is 6.23. The Kier molecular flexibility index (Phi) is 7.57. The van der Waals surface area contributed by atoms with Gasteiger partial charge >= 0.3 is 11.8 Å². The van der Waals surface area contributed by atoms with Gasteiger partial charge in [0.15, 0.2) is 5.75 Å². The first-order valence-corrected chi connectivity index (χ1v) is 8.63. The van der Waals surface area contributed by atoms with Gasteiger partial charge in [-0.05, 0) is 42.3 Å². The lowest BCUT2D eigenvalue weighted by molar-refractivity contribution is -0.139. The van der Waals surface area contributed by atoms with E-state index in [1.165, 1.54) is 30.5 Å². The Bertz CT molecular complexity index is 852. The van der Waals surface area contributed by atoms with Crippen LogP contribution < -0.4 is 15.5 Å². The van der Waals surface area contributed by atoms with Gasteiger partial charge in [-0.2, -0.15) is 5.10 Å². The second-order valence-electron chi connectivity index (χ2n) is 5.29. The number of hydrogen-bond acceptors (Lipinski definition) is 4. The number of rotatable bonds is 6. The van der Waals surface area contributed by atoms with Crippen LogP contribution in [0.15, 0.2) is 41.5 Å². The van der Waals surface area contributed by atoms with Gasteiger partial charge < -0.3 is 10.1 Å². The summed E-state index contributed by atoms with van der Waals surface area (Å²) in [5, 5.41) is 6.45. The number of nitrogens with zero attached hydrogens (tertiary/aromatic N) is 1. The second kappa shape index (κ2) is 9.89. The van der Waals surface area contributed by atoms with Crippen LogP contribution in [0.5, 0.6) is 5.75 Å². The minimum atomic E-state index is -0.889. The highest BCUT2D eigenvalue weighted by atomic mass is 35.5. The van der Waals surface area contributed by atoms with Gasteiger partial charge in [0.2, 0.25) is 0 Å². The summed E-state index contributed by atoms with van der Waals surface area (Å²) in [7, 11) is 0. The number of nitrogens with one attached hydrogen (secondary N) is 2. The van der Waals surface area contributed by atoms with E-state index in [1.807, 2.05) is 0 Å². The van der Waals surface area contributed by atoms with Gasteiger partial charge in [-0.3, -0.25) is 9.59 Å². The summed E-state index contributed by atoms with van der Waals surface area (Å²) in [4.78, 5) is 22.7. The van der Waals surface area contributed by atoms with Crippen molar-refractivity contribution in [3.63, 3.8) is 0 Å². The van der Waals surface area contributed by atoms with Crippen molar-refractivity contribution in [1.29, 1.82) is 0 Å². The average molecular weight is 412 g/mol. The lowest BCUT2D eigenvalue weighted by atomic mass is 10.2. The number of hydrogen-bond donors (Lipinski definition) is 2. The summed E-state index contributed by atoms with van der Waals surface area (Å²) in [6, 6.07) is 9.02. The molecule has 0 aliphatic rings. The van der Waals surface area contributed by atoms with E-state index < -0.39 is 11.8 Å². The number of likely N-dealkylation sites (N-methyl/N-ethyl adjacent to an activating group) is 1. The maximum absolute atomic E-state index is 13.2. The molecule has 0 heterocycles. The van der Waals surface area contributed by atoms with E-state index in [-0.39, 0.29) is 28.2 Å². The summed E-state index contributed by atoms with van der Waals surface area (Å²) in [6.45, 7) is 2.11. The average Bonchev–Trinajstić information content (AvgIpc) is 2.61. The highest BCUT2D eigenvalue weighted by Crippen LogP contribution is 2.34. The summed E-state index contributed by atoms with van der Waals surface area (Å²) >= 11 is 12.3. The maximum Gasteiger partial charge on any atom is 0.329 e. The number of ether oxygens (including phenoxy) is 1. The Morgan fingerprint density at radius 3 is 2.52 bits per heavy atom. The fourth-order valence-corrected chi connectivity index (χ4v) is 2.64. The summed E-state index contributed by atoms with van der Waals surface area (Å²) in [5.74, 6) is -1.80. The fraction of sp³-hybridized carbons (Fsp3) is 0.167. The molecule has 2 amide bonds. The Labute approximate surface area is 165 Å². The lowest BCUT2D eigenvalue weighted by Gasteiger charge is -2.11. The Balaban J connectivity index is 2.02. The molecule has 0 bridgehead atoms. The molecule has 9 heteroatoms. The van der Waals surface area contributed by atoms with Crippen LogP contribution in [0.3, 0.4) is 0 Å². The van der Waals surface area contributed by atoms with Gasteiger partial charge in [-0.15, -0.1) is 0 Å². The van der Waals surface area contributed by atoms with Gasteiger partial charge in [0, 0.05) is 6.54 Å². The van der Waals surface area contributed by atoms with E-state index >= 15 is 0 Å². The van der Waals surface area contributed by atoms with Crippen molar-refractivity contribution in [3.8, 4) is 5.75 Å².